The van der Waals surface area contributed by atoms with Gasteiger partial charge >= 0.3 is 0 Å². The second kappa shape index (κ2) is 6.10. The highest BCUT2D eigenvalue weighted by Crippen LogP contribution is 2.23. The van der Waals surface area contributed by atoms with Gasteiger partial charge in [-0.1, -0.05) is 0 Å². The maximum Gasteiger partial charge on any atom is 0.274 e. The number of carbonyl (C=O) groups excluding carboxylic acids is 1. The molecule has 0 spiro atoms. The van der Waals surface area contributed by atoms with Crippen LogP contribution in [0.1, 0.15) is 48.8 Å². The Labute approximate surface area is 114 Å². The lowest BCUT2D eigenvalue weighted by Crippen LogP contribution is -2.44. The Morgan fingerprint density at radius 2 is 2.00 bits per heavy atom. The molecule has 1 amide bonds. The molecule has 0 bridgehead atoms. The lowest BCUT2D eigenvalue weighted by atomic mass is 9.90. The van der Waals surface area contributed by atoms with Crippen LogP contribution in [0, 0.1) is 6.92 Å². The molecule has 2 N–H and O–H groups in total. The monoisotopic (exact) mass is 262 g/mol. The molecule has 1 aliphatic rings. The van der Waals surface area contributed by atoms with Gasteiger partial charge in [0.05, 0.1) is 11.9 Å². The number of rotatable bonds is 3. The van der Waals surface area contributed by atoms with Gasteiger partial charge in [-0.15, -0.1) is 0 Å². The quantitative estimate of drug-likeness (QED) is 0.896. The fraction of sp³-hybridized carbons (Fsp3) is 0.643. The Bertz CT molecular complexity index is 424. The number of nitrogens with zero attached hydrogens (tertiary/aromatic N) is 3. The molecule has 5 heteroatoms. The van der Waals surface area contributed by atoms with Crippen LogP contribution in [-0.2, 0) is 0 Å². The molecule has 0 aromatic carbocycles. The van der Waals surface area contributed by atoms with Gasteiger partial charge in [0.2, 0.25) is 0 Å². The third kappa shape index (κ3) is 3.29. The Balaban J connectivity index is 2.08. The third-order valence-corrected chi connectivity index (χ3v) is 3.78. The largest absolute Gasteiger partial charge is 0.335 e. The molecular formula is C14H22N4O. The summed E-state index contributed by atoms with van der Waals surface area (Å²) in [5.41, 5.74) is 7.17. The molecule has 2 rings (SSSR count). The Hall–Kier alpha value is -1.49. The van der Waals surface area contributed by atoms with E-state index in [0.29, 0.717) is 24.3 Å². The summed E-state index contributed by atoms with van der Waals surface area (Å²) in [6.07, 6.45) is 7.16. The fourth-order valence-electron chi connectivity index (χ4n) is 2.63. The Morgan fingerprint density at radius 1 is 1.32 bits per heavy atom. The number of aryl methyl sites for hydroxylation is 1. The fourth-order valence-corrected chi connectivity index (χ4v) is 2.63. The molecule has 0 unspecified atom stereocenters. The van der Waals surface area contributed by atoms with E-state index >= 15 is 0 Å². The zero-order chi connectivity index (χ0) is 13.8. The highest BCUT2D eigenvalue weighted by atomic mass is 16.2. The molecule has 1 saturated carbocycles. The van der Waals surface area contributed by atoms with Gasteiger partial charge in [0.15, 0.2) is 0 Å². The van der Waals surface area contributed by atoms with E-state index < -0.39 is 0 Å². The second-order valence-electron chi connectivity index (χ2n) is 5.20. The minimum absolute atomic E-state index is 0.0181. The van der Waals surface area contributed by atoms with Crippen molar-refractivity contribution in [1.29, 1.82) is 0 Å². The number of hydrogen-bond donors (Lipinski definition) is 1. The number of amides is 1. The van der Waals surface area contributed by atoms with E-state index in [1.54, 1.807) is 12.4 Å². The van der Waals surface area contributed by atoms with Crippen LogP contribution < -0.4 is 5.73 Å². The van der Waals surface area contributed by atoms with E-state index in [9.17, 15) is 4.79 Å². The molecular weight excluding hydrogens is 240 g/mol. The normalized spacial score (nSPS) is 23.1. The first-order chi connectivity index (χ1) is 9.11. The van der Waals surface area contributed by atoms with Gasteiger partial charge in [0.25, 0.3) is 5.91 Å². The molecule has 0 saturated heterocycles. The van der Waals surface area contributed by atoms with Crippen LogP contribution >= 0.6 is 0 Å². The summed E-state index contributed by atoms with van der Waals surface area (Å²) in [5.74, 6) is -0.0181. The van der Waals surface area contributed by atoms with E-state index in [2.05, 4.69) is 9.97 Å². The Kier molecular flexibility index (Phi) is 4.47. The Morgan fingerprint density at radius 3 is 2.53 bits per heavy atom. The third-order valence-electron chi connectivity index (χ3n) is 3.78. The summed E-state index contributed by atoms with van der Waals surface area (Å²) in [7, 11) is 0. The SMILES string of the molecule is CCN(C(=O)c1cnc(C)cn1)C1CCC(N)CC1. The summed E-state index contributed by atoms with van der Waals surface area (Å²) >= 11 is 0. The molecule has 1 aliphatic carbocycles. The van der Waals surface area contributed by atoms with Crippen LogP contribution in [0.4, 0.5) is 0 Å². The van der Waals surface area contributed by atoms with Crippen molar-refractivity contribution in [3.63, 3.8) is 0 Å². The molecule has 1 fully saturated rings. The van der Waals surface area contributed by atoms with Gasteiger partial charge in [-0.2, -0.15) is 0 Å². The van der Waals surface area contributed by atoms with Crippen LogP contribution in [0.5, 0.6) is 0 Å². The van der Waals surface area contributed by atoms with E-state index in [1.807, 2.05) is 18.7 Å². The maximum absolute atomic E-state index is 12.5. The molecule has 0 atom stereocenters. The predicted molar refractivity (Wildman–Crippen MR) is 73.7 cm³/mol. The zero-order valence-electron chi connectivity index (χ0n) is 11.7. The predicted octanol–water partition coefficient (Wildman–Crippen LogP) is 1.52. The topological polar surface area (TPSA) is 72.1 Å². The van der Waals surface area contributed by atoms with Gasteiger partial charge in [0, 0.05) is 24.8 Å². The molecule has 0 radical (unpaired) electrons. The summed E-state index contributed by atoms with van der Waals surface area (Å²) in [4.78, 5) is 22.7. The summed E-state index contributed by atoms with van der Waals surface area (Å²) in [5, 5.41) is 0. The van der Waals surface area contributed by atoms with Crippen molar-refractivity contribution in [2.45, 2.75) is 51.6 Å². The molecule has 1 aromatic rings. The van der Waals surface area contributed by atoms with Crippen LogP contribution in [0.15, 0.2) is 12.4 Å². The number of aromatic nitrogens is 2. The second-order valence-corrected chi connectivity index (χ2v) is 5.20. The van der Waals surface area contributed by atoms with Crippen molar-refractivity contribution in [3.8, 4) is 0 Å². The van der Waals surface area contributed by atoms with Crippen molar-refractivity contribution in [2.75, 3.05) is 6.54 Å². The standard InChI is InChI=1S/C14H22N4O/c1-3-18(12-6-4-11(15)5-7-12)14(19)13-9-16-10(2)8-17-13/h8-9,11-12H,3-7,15H2,1-2H3. The molecule has 5 nitrogen and oxygen atoms in total. The minimum atomic E-state index is -0.0181. The summed E-state index contributed by atoms with van der Waals surface area (Å²) in [6, 6.07) is 0.588. The van der Waals surface area contributed by atoms with Crippen molar-refractivity contribution in [1.82, 2.24) is 14.9 Å². The van der Waals surface area contributed by atoms with E-state index in [1.165, 1.54) is 0 Å². The maximum atomic E-state index is 12.5. The first-order valence-electron chi connectivity index (χ1n) is 6.97. The first-order valence-corrected chi connectivity index (χ1v) is 6.97. The minimum Gasteiger partial charge on any atom is -0.335 e. The molecule has 0 aliphatic heterocycles. The van der Waals surface area contributed by atoms with E-state index in [0.717, 1.165) is 31.4 Å². The first kappa shape index (κ1) is 13.9. The summed E-state index contributed by atoms with van der Waals surface area (Å²) < 4.78 is 0. The zero-order valence-corrected chi connectivity index (χ0v) is 11.7. The average molecular weight is 262 g/mol. The van der Waals surface area contributed by atoms with Crippen molar-refractivity contribution >= 4 is 5.91 Å². The van der Waals surface area contributed by atoms with Crippen LogP contribution in [0.2, 0.25) is 0 Å². The molecule has 104 valence electrons. The van der Waals surface area contributed by atoms with Crippen LogP contribution in [0.3, 0.4) is 0 Å². The highest BCUT2D eigenvalue weighted by Gasteiger charge is 2.27. The average Bonchev–Trinajstić information content (AvgIpc) is 2.42. The number of nitrogens with two attached hydrogens (primary N) is 1. The van der Waals surface area contributed by atoms with Gasteiger partial charge < -0.3 is 10.6 Å². The lowest BCUT2D eigenvalue weighted by molar-refractivity contribution is 0.0634. The van der Waals surface area contributed by atoms with Crippen LogP contribution in [-0.4, -0.2) is 39.4 Å². The number of hydrogen-bond acceptors (Lipinski definition) is 4. The van der Waals surface area contributed by atoms with E-state index in [4.69, 9.17) is 5.73 Å². The summed E-state index contributed by atoms with van der Waals surface area (Å²) in [6.45, 7) is 4.57. The number of carbonyl (C=O) groups is 1. The molecule has 1 heterocycles. The van der Waals surface area contributed by atoms with Crippen LogP contribution in [0.25, 0.3) is 0 Å². The van der Waals surface area contributed by atoms with Gasteiger partial charge in [-0.3, -0.25) is 9.78 Å². The van der Waals surface area contributed by atoms with Crippen molar-refractivity contribution in [2.24, 2.45) is 5.73 Å². The van der Waals surface area contributed by atoms with Gasteiger partial charge in [0.1, 0.15) is 5.69 Å². The molecule has 19 heavy (non-hydrogen) atoms. The lowest BCUT2D eigenvalue weighted by Gasteiger charge is -2.35. The smallest absolute Gasteiger partial charge is 0.274 e. The van der Waals surface area contributed by atoms with Gasteiger partial charge in [-0.05, 0) is 39.5 Å². The van der Waals surface area contributed by atoms with Crippen molar-refractivity contribution in [3.05, 3.63) is 23.8 Å². The molecule has 1 aromatic heterocycles. The van der Waals surface area contributed by atoms with E-state index in [-0.39, 0.29) is 5.91 Å². The van der Waals surface area contributed by atoms with Gasteiger partial charge in [-0.25, -0.2) is 4.98 Å². The van der Waals surface area contributed by atoms with Crippen molar-refractivity contribution < 1.29 is 4.79 Å². The highest BCUT2D eigenvalue weighted by molar-refractivity contribution is 5.92.